The number of rotatable bonds is 4. The van der Waals surface area contributed by atoms with E-state index < -0.39 is 22.6 Å². The Morgan fingerprint density at radius 2 is 2.22 bits per heavy atom. The highest BCUT2D eigenvalue weighted by Gasteiger charge is 2.14. The molecule has 0 spiro atoms. The number of aromatic carboxylic acids is 1. The van der Waals surface area contributed by atoms with Crippen molar-refractivity contribution >= 4 is 16.8 Å². The Balaban J connectivity index is 2.13. The van der Waals surface area contributed by atoms with Crippen molar-refractivity contribution in [2.75, 3.05) is 0 Å². The molecule has 1 atom stereocenters. The maximum atomic E-state index is 12.9. The Kier molecular flexibility index (Phi) is 3.52. The maximum absolute atomic E-state index is 12.9. The van der Waals surface area contributed by atoms with E-state index in [1.807, 2.05) is 0 Å². The van der Waals surface area contributed by atoms with E-state index in [9.17, 15) is 13.4 Å². The molecule has 1 N–H and O–H groups in total. The van der Waals surface area contributed by atoms with Gasteiger partial charge in [0.05, 0.1) is 16.6 Å². The van der Waals surface area contributed by atoms with E-state index in [4.69, 9.17) is 9.63 Å². The number of carbonyl (C=O) groups is 1. The Labute approximate surface area is 104 Å². The van der Waals surface area contributed by atoms with Gasteiger partial charge < -0.3 is 9.63 Å². The van der Waals surface area contributed by atoms with Crippen LogP contribution in [0.15, 0.2) is 39.8 Å². The predicted molar refractivity (Wildman–Crippen MR) is 60.0 cm³/mol. The molecule has 0 saturated carbocycles. The third kappa shape index (κ3) is 2.80. The summed E-state index contributed by atoms with van der Waals surface area (Å²) in [6, 6.07) is 6.57. The first kappa shape index (κ1) is 12.4. The molecule has 94 valence electrons. The Bertz CT molecular complexity index is 611. The average molecular weight is 269 g/mol. The second-order valence-corrected chi connectivity index (χ2v) is 4.88. The van der Waals surface area contributed by atoms with Crippen molar-refractivity contribution < 1.29 is 23.0 Å². The molecule has 2 aromatic rings. The van der Waals surface area contributed by atoms with E-state index in [-0.39, 0.29) is 17.2 Å². The van der Waals surface area contributed by atoms with Crippen molar-refractivity contribution in [3.8, 4) is 0 Å². The molecule has 0 amide bonds. The third-order valence-electron chi connectivity index (χ3n) is 2.11. The smallest absolute Gasteiger partial charge is 0.358 e. The van der Waals surface area contributed by atoms with Gasteiger partial charge in [0.15, 0.2) is 5.69 Å². The number of halogens is 1. The lowest BCUT2D eigenvalue weighted by molar-refractivity contribution is 0.0685. The van der Waals surface area contributed by atoms with Gasteiger partial charge >= 0.3 is 5.97 Å². The molecule has 2 rings (SSSR count). The van der Waals surface area contributed by atoms with Gasteiger partial charge in [0, 0.05) is 11.0 Å². The summed E-state index contributed by atoms with van der Waals surface area (Å²) >= 11 is 0. The first-order valence-corrected chi connectivity index (χ1v) is 6.21. The molecule has 1 aromatic carbocycles. The zero-order valence-corrected chi connectivity index (χ0v) is 9.82. The molecule has 5 nitrogen and oxygen atoms in total. The van der Waals surface area contributed by atoms with Gasteiger partial charge in [0.2, 0.25) is 0 Å². The van der Waals surface area contributed by atoms with Crippen LogP contribution in [-0.4, -0.2) is 20.4 Å². The summed E-state index contributed by atoms with van der Waals surface area (Å²) in [6.45, 7) is 0. The van der Waals surface area contributed by atoms with Crippen LogP contribution in [-0.2, 0) is 16.6 Å². The monoisotopic (exact) mass is 269 g/mol. The standard InChI is InChI=1S/C11H8FNO4S/c12-7-2-1-3-9(4-7)18(16)6-8-5-10(11(14)15)13-17-8/h1-5H,6H2,(H,14,15). The molecule has 1 heterocycles. The molecule has 18 heavy (non-hydrogen) atoms. The van der Waals surface area contributed by atoms with Crippen molar-refractivity contribution in [1.82, 2.24) is 5.16 Å². The van der Waals surface area contributed by atoms with E-state index in [0.29, 0.717) is 4.90 Å². The zero-order valence-electron chi connectivity index (χ0n) is 9.00. The van der Waals surface area contributed by atoms with Crippen LogP contribution in [0, 0.1) is 5.82 Å². The van der Waals surface area contributed by atoms with Crippen molar-refractivity contribution in [2.45, 2.75) is 10.6 Å². The van der Waals surface area contributed by atoms with E-state index in [0.717, 1.165) is 6.07 Å². The lowest BCUT2D eigenvalue weighted by Crippen LogP contribution is -1.97. The number of carboxylic acid groups (broad SMARTS) is 1. The molecular weight excluding hydrogens is 261 g/mol. The average Bonchev–Trinajstić information content (AvgIpc) is 2.77. The fraction of sp³-hybridized carbons (Fsp3) is 0.0909. The van der Waals surface area contributed by atoms with E-state index >= 15 is 0 Å². The number of hydrogen-bond acceptors (Lipinski definition) is 4. The normalized spacial score (nSPS) is 12.3. The molecule has 0 fully saturated rings. The summed E-state index contributed by atoms with van der Waals surface area (Å²) in [4.78, 5) is 10.9. The highest BCUT2D eigenvalue weighted by molar-refractivity contribution is 7.84. The lowest BCUT2D eigenvalue weighted by Gasteiger charge is -1.99. The van der Waals surface area contributed by atoms with Crippen LogP contribution in [0.4, 0.5) is 4.39 Å². The highest BCUT2D eigenvalue weighted by atomic mass is 32.2. The van der Waals surface area contributed by atoms with Crippen LogP contribution in [0.25, 0.3) is 0 Å². The fourth-order valence-corrected chi connectivity index (χ4v) is 2.34. The fourth-order valence-electron chi connectivity index (χ4n) is 1.30. The number of hydrogen-bond donors (Lipinski definition) is 1. The summed E-state index contributed by atoms with van der Waals surface area (Å²) in [7, 11) is -1.51. The zero-order chi connectivity index (χ0) is 13.1. The molecule has 0 aliphatic rings. The van der Waals surface area contributed by atoms with Crippen LogP contribution in [0.5, 0.6) is 0 Å². The Hall–Kier alpha value is -2.02. The quantitative estimate of drug-likeness (QED) is 0.915. The SMILES string of the molecule is O=C(O)c1cc(CS(=O)c2cccc(F)c2)on1. The molecule has 0 radical (unpaired) electrons. The lowest BCUT2D eigenvalue weighted by atomic mass is 10.3. The minimum atomic E-state index is -1.51. The van der Waals surface area contributed by atoms with Gasteiger partial charge in [-0.3, -0.25) is 4.21 Å². The van der Waals surface area contributed by atoms with Crippen LogP contribution < -0.4 is 0 Å². The van der Waals surface area contributed by atoms with Gasteiger partial charge in [-0.15, -0.1) is 0 Å². The van der Waals surface area contributed by atoms with E-state index in [1.54, 1.807) is 0 Å². The van der Waals surface area contributed by atoms with Crippen LogP contribution >= 0.6 is 0 Å². The number of carboxylic acids is 1. The Morgan fingerprint density at radius 1 is 1.44 bits per heavy atom. The summed E-state index contributed by atoms with van der Waals surface area (Å²) in [5.41, 5.74) is -0.249. The summed E-state index contributed by atoms with van der Waals surface area (Å²) in [6.07, 6.45) is 0. The van der Waals surface area contributed by atoms with Crippen molar-refractivity contribution in [3.63, 3.8) is 0 Å². The molecule has 7 heteroatoms. The second kappa shape index (κ2) is 5.09. The highest BCUT2D eigenvalue weighted by Crippen LogP contribution is 2.14. The van der Waals surface area contributed by atoms with Crippen molar-refractivity contribution in [2.24, 2.45) is 0 Å². The minimum absolute atomic E-state index is 0.0519. The van der Waals surface area contributed by atoms with Gasteiger partial charge in [-0.2, -0.15) is 0 Å². The molecule has 0 bridgehead atoms. The molecule has 1 unspecified atom stereocenters. The van der Waals surface area contributed by atoms with Crippen molar-refractivity contribution in [1.29, 1.82) is 0 Å². The minimum Gasteiger partial charge on any atom is -0.476 e. The summed E-state index contributed by atoms with van der Waals surface area (Å²) < 4.78 is 29.5. The topological polar surface area (TPSA) is 80.4 Å². The first-order chi connectivity index (χ1) is 8.56. The Morgan fingerprint density at radius 3 is 2.83 bits per heavy atom. The van der Waals surface area contributed by atoms with Gasteiger partial charge in [0.1, 0.15) is 11.6 Å². The second-order valence-electron chi connectivity index (χ2n) is 3.43. The predicted octanol–water partition coefficient (Wildman–Crippen LogP) is 1.82. The van der Waals surface area contributed by atoms with Gasteiger partial charge in [0.25, 0.3) is 0 Å². The van der Waals surface area contributed by atoms with Crippen LogP contribution in [0.3, 0.4) is 0 Å². The van der Waals surface area contributed by atoms with Gasteiger partial charge in [-0.25, -0.2) is 9.18 Å². The van der Waals surface area contributed by atoms with E-state index in [1.165, 1.54) is 24.3 Å². The molecule has 0 aliphatic carbocycles. The summed E-state index contributed by atoms with van der Waals surface area (Å²) in [5.74, 6) is -1.58. The molecule has 0 saturated heterocycles. The van der Waals surface area contributed by atoms with Crippen LogP contribution in [0.2, 0.25) is 0 Å². The number of aromatic nitrogens is 1. The van der Waals surface area contributed by atoms with Gasteiger partial charge in [-0.1, -0.05) is 11.2 Å². The van der Waals surface area contributed by atoms with E-state index in [2.05, 4.69) is 5.16 Å². The first-order valence-electron chi connectivity index (χ1n) is 4.89. The molecule has 0 aliphatic heterocycles. The summed E-state index contributed by atoms with van der Waals surface area (Å²) in [5, 5.41) is 11.9. The van der Waals surface area contributed by atoms with Crippen molar-refractivity contribution in [3.05, 3.63) is 47.6 Å². The molecule has 1 aromatic heterocycles. The third-order valence-corrected chi connectivity index (χ3v) is 3.44. The van der Waals surface area contributed by atoms with Gasteiger partial charge in [-0.05, 0) is 18.2 Å². The van der Waals surface area contributed by atoms with Crippen LogP contribution in [0.1, 0.15) is 16.2 Å². The number of benzene rings is 1. The largest absolute Gasteiger partial charge is 0.476 e. The number of nitrogens with zero attached hydrogens (tertiary/aromatic N) is 1. The molecular formula is C11H8FNO4S. The maximum Gasteiger partial charge on any atom is 0.358 e.